The Balaban J connectivity index is 1.78. The van der Waals surface area contributed by atoms with E-state index in [0.717, 1.165) is 25.7 Å². The quantitative estimate of drug-likeness (QED) is 0.438. The van der Waals surface area contributed by atoms with Gasteiger partial charge in [-0.3, -0.25) is 0 Å². The van der Waals surface area contributed by atoms with Crippen molar-refractivity contribution < 1.29 is 23.0 Å². The van der Waals surface area contributed by atoms with Crippen LogP contribution in [0.1, 0.15) is 106 Å². The van der Waals surface area contributed by atoms with E-state index >= 15 is 0 Å². The average molecular weight is 447 g/mol. The third-order valence-electron chi connectivity index (χ3n) is 10.4. The van der Waals surface area contributed by atoms with Gasteiger partial charge in [0.25, 0.3) is 0 Å². The fourth-order valence-electron chi connectivity index (χ4n) is 7.73. The lowest BCUT2D eigenvalue weighted by Gasteiger charge is -2.63. The Kier molecular flexibility index (Phi) is 6.01. The number of rotatable bonds is 7. The molecular formula is C26H45F3O2. The number of hydrogen-bond donors (Lipinski definition) is 1. The molecule has 0 radical (unpaired) electrons. The third kappa shape index (κ3) is 3.50. The maximum Gasteiger partial charge on any atom is 0.395 e. The second-order valence-electron chi connectivity index (χ2n) is 13.3. The molecule has 2 nitrogen and oxygen atoms in total. The molecule has 31 heavy (non-hydrogen) atoms. The molecule has 1 N–H and O–H groups in total. The van der Waals surface area contributed by atoms with E-state index in [9.17, 15) is 18.3 Å². The van der Waals surface area contributed by atoms with Gasteiger partial charge >= 0.3 is 6.18 Å². The van der Waals surface area contributed by atoms with Crippen molar-refractivity contribution in [3.8, 4) is 0 Å². The largest absolute Gasteiger partial charge is 0.395 e. The number of alkyl halides is 3. The fourth-order valence-corrected chi connectivity index (χ4v) is 7.73. The minimum absolute atomic E-state index is 0.0627. The molecule has 3 aliphatic carbocycles. The molecule has 4 unspecified atom stereocenters. The van der Waals surface area contributed by atoms with Crippen LogP contribution in [0.2, 0.25) is 0 Å². The highest BCUT2D eigenvalue weighted by atomic mass is 19.4. The van der Waals surface area contributed by atoms with E-state index in [1.54, 1.807) is 27.9 Å². The molecule has 0 amide bonds. The summed E-state index contributed by atoms with van der Waals surface area (Å²) in [6.07, 6.45) is 2.75. The van der Waals surface area contributed by atoms with Crippen molar-refractivity contribution in [2.45, 2.75) is 124 Å². The Labute approximate surface area is 187 Å². The predicted octanol–water partition coefficient (Wildman–Crippen LogP) is 7.53. The molecule has 3 saturated carbocycles. The van der Waals surface area contributed by atoms with E-state index < -0.39 is 33.9 Å². The van der Waals surface area contributed by atoms with Crippen LogP contribution in [0.15, 0.2) is 0 Å². The standard InChI is InChI=1S/C26H45F3O2/c1-20(2,3)24(26(27,28)29)14-10-18(24)16-22(6,7)25(30)15-11-19(25)17-21(4,5)23(31-8)12-9-13-23/h18-19,30H,9-17H2,1-8H3. The van der Waals surface area contributed by atoms with Crippen molar-refractivity contribution in [1.29, 1.82) is 0 Å². The normalized spacial score (nSPS) is 36.4. The number of ether oxygens (including phenoxy) is 1. The van der Waals surface area contributed by atoms with Crippen LogP contribution in [-0.2, 0) is 4.74 Å². The lowest BCUT2D eigenvalue weighted by Crippen LogP contribution is -2.64. The summed E-state index contributed by atoms with van der Waals surface area (Å²) in [5.41, 5.74) is -4.15. The summed E-state index contributed by atoms with van der Waals surface area (Å²) in [6, 6.07) is 0. The van der Waals surface area contributed by atoms with Gasteiger partial charge < -0.3 is 9.84 Å². The minimum atomic E-state index is -4.22. The van der Waals surface area contributed by atoms with Crippen LogP contribution in [0.4, 0.5) is 13.2 Å². The maximum absolute atomic E-state index is 14.3. The monoisotopic (exact) mass is 446 g/mol. The first-order chi connectivity index (χ1) is 13.9. The highest BCUT2D eigenvalue weighted by Crippen LogP contribution is 2.69. The van der Waals surface area contributed by atoms with Crippen LogP contribution >= 0.6 is 0 Å². The first-order valence-corrected chi connectivity index (χ1v) is 12.2. The topological polar surface area (TPSA) is 29.5 Å². The van der Waals surface area contributed by atoms with Gasteiger partial charge in [0.1, 0.15) is 0 Å². The van der Waals surface area contributed by atoms with Gasteiger partial charge in [-0.05, 0) is 85.9 Å². The van der Waals surface area contributed by atoms with Crippen molar-refractivity contribution >= 4 is 0 Å². The summed E-state index contributed by atoms with van der Waals surface area (Å²) in [4.78, 5) is 0. The van der Waals surface area contributed by atoms with Gasteiger partial charge in [0, 0.05) is 7.11 Å². The van der Waals surface area contributed by atoms with Gasteiger partial charge in [-0.2, -0.15) is 13.2 Å². The number of methoxy groups -OCH3 is 1. The highest BCUT2D eigenvalue weighted by Gasteiger charge is 2.70. The molecule has 5 heteroatoms. The second-order valence-corrected chi connectivity index (χ2v) is 13.3. The molecule has 182 valence electrons. The molecule has 3 rings (SSSR count). The van der Waals surface area contributed by atoms with Gasteiger partial charge in [-0.1, -0.05) is 48.5 Å². The van der Waals surface area contributed by atoms with Gasteiger partial charge in [-0.15, -0.1) is 0 Å². The van der Waals surface area contributed by atoms with Crippen molar-refractivity contribution in [2.75, 3.05) is 7.11 Å². The average Bonchev–Trinajstić information content (AvgIpc) is 2.51. The Morgan fingerprint density at radius 1 is 0.806 bits per heavy atom. The van der Waals surface area contributed by atoms with Crippen LogP contribution < -0.4 is 0 Å². The molecule has 4 atom stereocenters. The zero-order valence-corrected chi connectivity index (χ0v) is 21.0. The highest BCUT2D eigenvalue weighted by molar-refractivity contribution is 5.13. The van der Waals surface area contributed by atoms with E-state index in [1.807, 2.05) is 13.8 Å². The van der Waals surface area contributed by atoms with Crippen LogP contribution in [0.5, 0.6) is 0 Å². The van der Waals surface area contributed by atoms with E-state index in [1.165, 1.54) is 6.42 Å². The molecule has 0 aromatic carbocycles. The third-order valence-corrected chi connectivity index (χ3v) is 10.4. The van der Waals surface area contributed by atoms with Crippen LogP contribution in [0.25, 0.3) is 0 Å². The Hall–Kier alpha value is -0.290. The number of halogens is 3. The summed E-state index contributed by atoms with van der Waals surface area (Å²) >= 11 is 0. The molecule has 0 spiro atoms. The van der Waals surface area contributed by atoms with E-state index in [0.29, 0.717) is 19.3 Å². The smallest absolute Gasteiger partial charge is 0.389 e. The lowest BCUT2D eigenvalue weighted by atomic mass is 9.43. The predicted molar refractivity (Wildman–Crippen MR) is 119 cm³/mol. The number of hydrogen-bond acceptors (Lipinski definition) is 2. The molecule has 0 aliphatic heterocycles. The first kappa shape index (κ1) is 25.3. The summed E-state index contributed by atoms with van der Waals surface area (Å²) in [6.45, 7) is 13.7. The van der Waals surface area contributed by atoms with Crippen molar-refractivity contribution in [3.05, 3.63) is 0 Å². The van der Waals surface area contributed by atoms with E-state index in [-0.39, 0.29) is 23.4 Å². The Bertz CT molecular complexity index is 650. The molecule has 3 fully saturated rings. The summed E-state index contributed by atoms with van der Waals surface area (Å²) in [5, 5.41) is 11.8. The van der Waals surface area contributed by atoms with Crippen LogP contribution in [0, 0.1) is 33.5 Å². The van der Waals surface area contributed by atoms with E-state index in [4.69, 9.17) is 4.74 Å². The van der Waals surface area contributed by atoms with Crippen LogP contribution in [0.3, 0.4) is 0 Å². The Morgan fingerprint density at radius 2 is 1.32 bits per heavy atom. The summed E-state index contributed by atoms with van der Waals surface area (Å²) < 4.78 is 48.9. The molecule has 0 heterocycles. The first-order valence-electron chi connectivity index (χ1n) is 12.2. The van der Waals surface area contributed by atoms with Crippen molar-refractivity contribution in [2.24, 2.45) is 33.5 Å². The molecular weight excluding hydrogens is 401 g/mol. The molecule has 0 bridgehead atoms. The molecule has 0 aromatic heterocycles. The van der Waals surface area contributed by atoms with E-state index in [2.05, 4.69) is 13.8 Å². The maximum atomic E-state index is 14.3. The molecule has 0 aromatic rings. The minimum Gasteiger partial charge on any atom is -0.389 e. The summed E-state index contributed by atoms with van der Waals surface area (Å²) in [7, 11) is 1.79. The molecule has 0 saturated heterocycles. The summed E-state index contributed by atoms with van der Waals surface area (Å²) in [5.74, 6) is -0.321. The fraction of sp³-hybridized carbons (Fsp3) is 1.00. The van der Waals surface area contributed by atoms with Gasteiger partial charge in [0.05, 0.1) is 16.6 Å². The zero-order valence-electron chi connectivity index (χ0n) is 21.0. The lowest BCUT2D eigenvalue weighted by molar-refractivity contribution is -0.320. The SMILES string of the molecule is COC1(C(C)(C)CC2CCC2(O)C(C)(C)CC2CCC2(C(C)(C)C)C(F)(F)F)CCC1. The number of aliphatic hydroxyl groups is 1. The Morgan fingerprint density at radius 3 is 1.61 bits per heavy atom. The van der Waals surface area contributed by atoms with Crippen molar-refractivity contribution in [3.63, 3.8) is 0 Å². The molecule has 3 aliphatic rings. The zero-order chi connectivity index (χ0) is 23.7. The van der Waals surface area contributed by atoms with Gasteiger partial charge in [0.15, 0.2) is 0 Å². The van der Waals surface area contributed by atoms with Gasteiger partial charge in [-0.25, -0.2) is 0 Å². The van der Waals surface area contributed by atoms with Gasteiger partial charge in [0.2, 0.25) is 0 Å². The second kappa shape index (κ2) is 7.35. The van der Waals surface area contributed by atoms with Crippen LogP contribution in [-0.4, -0.2) is 29.6 Å². The van der Waals surface area contributed by atoms with Crippen molar-refractivity contribution in [1.82, 2.24) is 0 Å².